The topological polar surface area (TPSA) is 42.0 Å². The molecule has 0 aliphatic carbocycles. The summed E-state index contributed by atoms with van der Waals surface area (Å²) in [7, 11) is 0. The van der Waals surface area contributed by atoms with Gasteiger partial charge in [-0.05, 0) is 49.6 Å². The Bertz CT molecular complexity index is 613. The van der Waals surface area contributed by atoms with Gasteiger partial charge in [0, 0.05) is 17.6 Å². The first-order valence-electron chi connectivity index (χ1n) is 7.01. The lowest BCUT2D eigenvalue weighted by Gasteiger charge is -2.13. The number of nitrogens with zero attached hydrogens (tertiary/aromatic N) is 1. The second-order valence-electron chi connectivity index (χ2n) is 5.13. The molecular weight excluding hydrogens is 284 g/mol. The normalized spacial score (nSPS) is 12.0. The second-order valence-corrected chi connectivity index (χ2v) is 5.53. The van der Waals surface area contributed by atoms with Gasteiger partial charge in [-0.1, -0.05) is 29.8 Å². The van der Waals surface area contributed by atoms with Crippen molar-refractivity contribution in [2.24, 2.45) is 0 Å². The molecule has 0 saturated carbocycles. The van der Waals surface area contributed by atoms with E-state index in [-0.39, 0.29) is 11.9 Å². The van der Waals surface area contributed by atoms with E-state index in [0.717, 1.165) is 21.8 Å². The highest BCUT2D eigenvalue weighted by Gasteiger charge is 2.10. The van der Waals surface area contributed by atoms with Gasteiger partial charge in [-0.25, -0.2) is 0 Å². The van der Waals surface area contributed by atoms with Crippen LogP contribution in [0.15, 0.2) is 42.6 Å². The molecule has 1 amide bonds. The van der Waals surface area contributed by atoms with Crippen molar-refractivity contribution in [3.8, 4) is 0 Å². The highest BCUT2D eigenvalue weighted by atomic mass is 35.5. The highest BCUT2D eigenvalue weighted by molar-refractivity contribution is 6.31. The van der Waals surface area contributed by atoms with Crippen LogP contribution in [0.3, 0.4) is 0 Å². The molecule has 0 fully saturated rings. The number of hydrogen-bond acceptors (Lipinski definition) is 2. The molecule has 1 heterocycles. The molecule has 0 aliphatic heterocycles. The van der Waals surface area contributed by atoms with E-state index in [4.69, 9.17) is 11.6 Å². The van der Waals surface area contributed by atoms with Gasteiger partial charge in [0.25, 0.3) is 0 Å². The van der Waals surface area contributed by atoms with E-state index in [1.54, 1.807) is 6.20 Å². The number of aryl methyl sites for hydroxylation is 2. The van der Waals surface area contributed by atoms with Crippen LogP contribution in [0.25, 0.3) is 0 Å². The molecule has 4 heteroatoms. The molecule has 1 aromatic heterocycles. The van der Waals surface area contributed by atoms with Crippen LogP contribution in [0.1, 0.15) is 36.2 Å². The molecule has 21 heavy (non-hydrogen) atoms. The van der Waals surface area contributed by atoms with Crippen molar-refractivity contribution in [2.75, 3.05) is 0 Å². The Kier molecular flexibility index (Phi) is 5.34. The van der Waals surface area contributed by atoms with Crippen molar-refractivity contribution in [1.29, 1.82) is 0 Å². The Hall–Kier alpha value is -1.87. The van der Waals surface area contributed by atoms with Crippen LogP contribution in [-0.2, 0) is 11.2 Å². The summed E-state index contributed by atoms with van der Waals surface area (Å²) in [6, 6.07) is 11.5. The zero-order valence-corrected chi connectivity index (χ0v) is 13.0. The number of hydrogen-bond donors (Lipinski definition) is 1. The van der Waals surface area contributed by atoms with Crippen molar-refractivity contribution in [2.45, 2.75) is 32.7 Å². The average Bonchev–Trinajstić information content (AvgIpc) is 2.49. The molecule has 110 valence electrons. The summed E-state index contributed by atoms with van der Waals surface area (Å²) in [6.45, 7) is 3.90. The van der Waals surface area contributed by atoms with Crippen LogP contribution in [0.4, 0.5) is 0 Å². The molecular formula is C17H19ClN2O. The molecule has 0 saturated heterocycles. The number of halogens is 1. The smallest absolute Gasteiger partial charge is 0.220 e. The zero-order valence-electron chi connectivity index (χ0n) is 12.3. The van der Waals surface area contributed by atoms with E-state index in [1.807, 2.05) is 50.2 Å². The summed E-state index contributed by atoms with van der Waals surface area (Å²) in [5.41, 5.74) is 2.99. The Balaban J connectivity index is 1.86. The number of pyridine rings is 1. The minimum Gasteiger partial charge on any atom is -0.348 e. The minimum atomic E-state index is -0.0831. The molecule has 0 bridgehead atoms. The Labute approximate surface area is 130 Å². The number of amides is 1. The molecule has 2 aromatic rings. The second kappa shape index (κ2) is 7.23. The van der Waals surface area contributed by atoms with Gasteiger partial charge < -0.3 is 5.32 Å². The molecule has 2 rings (SSSR count). The fourth-order valence-electron chi connectivity index (χ4n) is 2.07. The Morgan fingerprint density at radius 1 is 1.33 bits per heavy atom. The van der Waals surface area contributed by atoms with E-state index in [1.165, 1.54) is 0 Å². The van der Waals surface area contributed by atoms with Crippen LogP contribution in [0.2, 0.25) is 5.02 Å². The lowest BCUT2D eigenvalue weighted by atomic mass is 10.1. The van der Waals surface area contributed by atoms with Crippen LogP contribution >= 0.6 is 11.6 Å². The molecule has 0 unspecified atom stereocenters. The van der Waals surface area contributed by atoms with Crippen molar-refractivity contribution in [3.63, 3.8) is 0 Å². The number of carbonyl (C=O) groups is 1. The Morgan fingerprint density at radius 3 is 2.81 bits per heavy atom. The number of carbonyl (C=O) groups excluding carboxylic acids is 1. The van der Waals surface area contributed by atoms with Gasteiger partial charge in [0.05, 0.1) is 11.7 Å². The van der Waals surface area contributed by atoms with E-state index in [0.29, 0.717) is 12.8 Å². The fraction of sp³-hybridized carbons (Fsp3) is 0.294. The van der Waals surface area contributed by atoms with Crippen molar-refractivity contribution in [1.82, 2.24) is 10.3 Å². The van der Waals surface area contributed by atoms with E-state index in [2.05, 4.69) is 10.3 Å². The van der Waals surface area contributed by atoms with Gasteiger partial charge in [0.1, 0.15) is 0 Å². The quantitative estimate of drug-likeness (QED) is 0.911. The SMILES string of the molecule is Cc1ccc(CCC(=O)N[C@H](C)c2ccccn2)cc1Cl. The molecule has 1 atom stereocenters. The van der Waals surface area contributed by atoms with Crippen LogP contribution in [0.5, 0.6) is 0 Å². The van der Waals surface area contributed by atoms with Crippen molar-refractivity contribution >= 4 is 17.5 Å². The highest BCUT2D eigenvalue weighted by Crippen LogP contribution is 2.17. The van der Waals surface area contributed by atoms with Gasteiger partial charge in [0.15, 0.2) is 0 Å². The van der Waals surface area contributed by atoms with E-state index < -0.39 is 0 Å². The first kappa shape index (κ1) is 15.5. The largest absolute Gasteiger partial charge is 0.348 e. The maximum atomic E-state index is 12.0. The summed E-state index contributed by atoms with van der Waals surface area (Å²) < 4.78 is 0. The van der Waals surface area contributed by atoms with Gasteiger partial charge in [0.2, 0.25) is 5.91 Å². The number of rotatable bonds is 5. The maximum Gasteiger partial charge on any atom is 0.220 e. The lowest BCUT2D eigenvalue weighted by molar-refractivity contribution is -0.121. The summed E-state index contributed by atoms with van der Waals surface area (Å²) in [6.07, 6.45) is 2.85. The lowest BCUT2D eigenvalue weighted by Crippen LogP contribution is -2.27. The minimum absolute atomic E-state index is 0.0184. The first-order valence-corrected chi connectivity index (χ1v) is 7.39. The van der Waals surface area contributed by atoms with Crippen LogP contribution in [0, 0.1) is 6.92 Å². The van der Waals surface area contributed by atoms with Gasteiger partial charge in [-0.15, -0.1) is 0 Å². The first-order chi connectivity index (χ1) is 10.1. The third kappa shape index (κ3) is 4.57. The monoisotopic (exact) mass is 302 g/mol. The van der Waals surface area contributed by atoms with Crippen LogP contribution < -0.4 is 5.32 Å². The van der Waals surface area contributed by atoms with Crippen molar-refractivity contribution < 1.29 is 4.79 Å². The summed E-state index contributed by atoms with van der Waals surface area (Å²) >= 11 is 6.08. The molecule has 1 aromatic carbocycles. The van der Waals surface area contributed by atoms with Crippen LogP contribution in [-0.4, -0.2) is 10.9 Å². The fourth-order valence-corrected chi connectivity index (χ4v) is 2.27. The number of benzene rings is 1. The molecule has 0 spiro atoms. The standard InChI is InChI=1S/C17H19ClN2O/c1-12-6-7-14(11-15(12)18)8-9-17(21)20-13(2)16-5-3-4-10-19-16/h3-7,10-11,13H,8-9H2,1-2H3,(H,20,21)/t13-/m1/s1. The average molecular weight is 303 g/mol. The maximum absolute atomic E-state index is 12.0. The summed E-state index contributed by atoms with van der Waals surface area (Å²) in [4.78, 5) is 16.2. The van der Waals surface area contributed by atoms with E-state index in [9.17, 15) is 4.79 Å². The number of nitrogens with one attached hydrogen (secondary N) is 1. The van der Waals surface area contributed by atoms with Gasteiger partial charge >= 0.3 is 0 Å². The third-order valence-electron chi connectivity index (χ3n) is 3.39. The Morgan fingerprint density at radius 2 is 2.14 bits per heavy atom. The number of aromatic nitrogens is 1. The van der Waals surface area contributed by atoms with Crippen molar-refractivity contribution in [3.05, 3.63) is 64.4 Å². The zero-order chi connectivity index (χ0) is 15.2. The molecule has 0 aliphatic rings. The third-order valence-corrected chi connectivity index (χ3v) is 3.79. The molecule has 0 radical (unpaired) electrons. The predicted molar refractivity (Wildman–Crippen MR) is 85.3 cm³/mol. The summed E-state index contributed by atoms with van der Waals surface area (Å²) in [5.74, 6) is 0.0184. The predicted octanol–water partition coefficient (Wildman–Crippen LogP) is 3.85. The summed E-state index contributed by atoms with van der Waals surface area (Å²) in [5, 5.41) is 3.70. The van der Waals surface area contributed by atoms with E-state index >= 15 is 0 Å². The van der Waals surface area contributed by atoms with Gasteiger partial charge in [-0.2, -0.15) is 0 Å². The molecule has 3 nitrogen and oxygen atoms in total. The van der Waals surface area contributed by atoms with Gasteiger partial charge in [-0.3, -0.25) is 9.78 Å². The molecule has 1 N–H and O–H groups in total.